The second-order valence-corrected chi connectivity index (χ2v) is 9.93. The maximum atomic E-state index is 12.4. The third-order valence-corrected chi connectivity index (χ3v) is 6.11. The Kier molecular flexibility index (Phi) is 5.59. The Bertz CT molecular complexity index is 1350. The summed E-state index contributed by atoms with van der Waals surface area (Å²) in [7, 11) is 1.90. The number of rotatable bonds is 3. The molecule has 3 heterocycles. The monoisotopic (exact) mass is 458 g/mol. The molecule has 1 unspecified atom stereocenters. The molecular weight excluding hydrogens is 428 g/mol. The molecule has 1 aromatic carbocycles. The van der Waals surface area contributed by atoms with Crippen molar-refractivity contribution in [3.05, 3.63) is 54.1 Å². The number of carbonyl (C=O) groups excluding carboxylic acids is 1. The largest absolute Gasteiger partial charge is 0.444 e. The van der Waals surface area contributed by atoms with Crippen LogP contribution in [0.3, 0.4) is 0 Å². The van der Waals surface area contributed by atoms with E-state index in [4.69, 9.17) is 4.74 Å². The lowest BCUT2D eigenvalue weighted by Crippen LogP contribution is -2.35. The summed E-state index contributed by atoms with van der Waals surface area (Å²) in [6.45, 7) is 5.63. The van der Waals surface area contributed by atoms with Crippen molar-refractivity contribution in [3.8, 4) is 22.5 Å². The second kappa shape index (κ2) is 8.59. The molecule has 34 heavy (non-hydrogen) atoms. The van der Waals surface area contributed by atoms with Crippen LogP contribution in [-0.2, 0) is 18.2 Å². The van der Waals surface area contributed by atoms with Crippen LogP contribution < -0.4 is 5.32 Å². The summed E-state index contributed by atoms with van der Waals surface area (Å²) in [4.78, 5) is 24.9. The van der Waals surface area contributed by atoms with E-state index < -0.39 is 5.60 Å². The molecule has 1 aliphatic carbocycles. The first-order valence-corrected chi connectivity index (χ1v) is 11.7. The molecule has 0 aliphatic heterocycles. The number of benzene rings is 1. The molecule has 8 heteroatoms. The predicted octanol–water partition coefficient (Wildman–Crippen LogP) is 5.32. The van der Waals surface area contributed by atoms with Crippen LogP contribution in [0.15, 0.2) is 43.0 Å². The molecule has 0 spiro atoms. The number of nitrogens with one attached hydrogen (secondary N) is 2. The van der Waals surface area contributed by atoms with E-state index in [-0.39, 0.29) is 12.1 Å². The van der Waals surface area contributed by atoms with Crippen LogP contribution in [0.2, 0.25) is 0 Å². The normalized spacial score (nSPS) is 16.2. The van der Waals surface area contributed by atoms with Crippen LogP contribution in [0.5, 0.6) is 0 Å². The van der Waals surface area contributed by atoms with E-state index in [9.17, 15) is 4.79 Å². The van der Waals surface area contributed by atoms with Gasteiger partial charge in [-0.15, -0.1) is 0 Å². The van der Waals surface area contributed by atoms with Gasteiger partial charge in [0, 0.05) is 29.8 Å². The molecule has 1 atom stereocenters. The third-order valence-electron chi connectivity index (χ3n) is 6.11. The van der Waals surface area contributed by atoms with E-state index in [1.54, 1.807) is 11.0 Å². The van der Waals surface area contributed by atoms with Crippen molar-refractivity contribution in [2.45, 2.75) is 58.1 Å². The molecule has 176 valence electrons. The highest BCUT2D eigenvalue weighted by atomic mass is 16.6. The Hall–Kier alpha value is -3.68. The zero-order chi connectivity index (χ0) is 23.9. The lowest BCUT2D eigenvalue weighted by atomic mass is 9.95. The van der Waals surface area contributed by atoms with Gasteiger partial charge in [0.05, 0.1) is 23.6 Å². The van der Waals surface area contributed by atoms with Crippen molar-refractivity contribution in [2.24, 2.45) is 7.05 Å². The van der Waals surface area contributed by atoms with Crippen molar-refractivity contribution in [1.82, 2.24) is 30.0 Å². The number of amides is 1. The van der Waals surface area contributed by atoms with Crippen LogP contribution in [0, 0.1) is 0 Å². The van der Waals surface area contributed by atoms with Gasteiger partial charge in [-0.3, -0.25) is 4.68 Å². The summed E-state index contributed by atoms with van der Waals surface area (Å²) in [5.41, 5.74) is 6.56. The first-order chi connectivity index (χ1) is 16.3. The molecule has 2 N–H and O–H groups in total. The predicted molar refractivity (Wildman–Crippen MR) is 131 cm³/mol. The maximum Gasteiger partial charge on any atom is 0.408 e. The minimum atomic E-state index is -0.523. The fraction of sp³-hybridized carbons (Fsp3) is 0.385. The zero-order valence-corrected chi connectivity index (χ0v) is 20.1. The fourth-order valence-corrected chi connectivity index (χ4v) is 4.61. The summed E-state index contributed by atoms with van der Waals surface area (Å²) < 4.78 is 7.28. The number of alkyl carbamates (subject to hydrolysis) is 1. The highest BCUT2D eigenvalue weighted by molar-refractivity contribution is 5.94. The minimum Gasteiger partial charge on any atom is -0.444 e. The number of fused-ring (bicyclic) bond motifs is 2. The van der Waals surface area contributed by atoms with Crippen molar-refractivity contribution in [1.29, 1.82) is 0 Å². The molecule has 0 saturated heterocycles. The van der Waals surface area contributed by atoms with Gasteiger partial charge in [0.15, 0.2) is 0 Å². The molecule has 8 nitrogen and oxygen atoms in total. The molecule has 0 radical (unpaired) electrons. The molecule has 0 bridgehead atoms. The van der Waals surface area contributed by atoms with E-state index in [1.807, 2.05) is 40.2 Å². The van der Waals surface area contributed by atoms with Crippen molar-refractivity contribution < 1.29 is 9.53 Å². The maximum absolute atomic E-state index is 12.4. The number of carbonyl (C=O) groups is 1. The number of aromatic nitrogens is 5. The Morgan fingerprint density at radius 3 is 2.79 bits per heavy atom. The van der Waals surface area contributed by atoms with Gasteiger partial charge in [-0.25, -0.2) is 14.8 Å². The highest BCUT2D eigenvalue weighted by Gasteiger charge is 2.24. The van der Waals surface area contributed by atoms with Crippen molar-refractivity contribution >= 4 is 17.1 Å². The smallest absolute Gasteiger partial charge is 0.408 e. The topological polar surface area (TPSA) is 97.7 Å². The standard InChI is InChI=1S/C26H30N6O2/c1-26(2,3)34-25(33)31-21-8-6-5-7-16-11-17(9-10-19(16)21)23-20-12-22(18-13-29-32(4)14-18)30-24(20)28-15-27-23/h9-15,21H,5-8H2,1-4H3,(H,31,33)(H,27,28,30). The minimum absolute atomic E-state index is 0.0590. The second-order valence-electron chi connectivity index (χ2n) is 9.93. The van der Waals surface area contributed by atoms with Gasteiger partial charge in [-0.2, -0.15) is 5.10 Å². The van der Waals surface area contributed by atoms with E-state index in [0.717, 1.165) is 64.8 Å². The molecule has 0 saturated carbocycles. The van der Waals surface area contributed by atoms with E-state index in [2.05, 4.69) is 49.6 Å². The summed E-state index contributed by atoms with van der Waals surface area (Å²) in [5.74, 6) is 0. The van der Waals surface area contributed by atoms with Crippen LogP contribution >= 0.6 is 0 Å². The Morgan fingerprint density at radius 2 is 2.03 bits per heavy atom. The molecule has 3 aromatic heterocycles. The quantitative estimate of drug-likeness (QED) is 0.405. The van der Waals surface area contributed by atoms with Crippen molar-refractivity contribution in [2.75, 3.05) is 0 Å². The van der Waals surface area contributed by atoms with Gasteiger partial charge in [0.2, 0.25) is 0 Å². The molecule has 1 aliphatic rings. The van der Waals surface area contributed by atoms with Gasteiger partial charge in [-0.05, 0) is 63.3 Å². The summed E-state index contributed by atoms with van der Waals surface area (Å²) in [6, 6.07) is 8.45. The van der Waals surface area contributed by atoms with Crippen LogP contribution in [-0.4, -0.2) is 36.4 Å². The van der Waals surface area contributed by atoms with Gasteiger partial charge in [-0.1, -0.05) is 18.6 Å². The molecule has 1 amide bonds. The number of nitrogens with zero attached hydrogens (tertiary/aromatic N) is 4. The van der Waals surface area contributed by atoms with Gasteiger partial charge < -0.3 is 15.0 Å². The number of aromatic amines is 1. The van der Waals surface area contributed by atoms with E-state index in [1.165, 1.54) is 5.56 Å². The molecule has 5 rings (SSSR count). The Labute approximate surface area is 198 Å². The zero-order valence-electron chi connectivity index (χ0n) is 20.1. The summed E-state index contributed by atoms with van der Waals surface area (Å²) in [6.07, 6.45) is 9.03. The van der Waals surface area contributed by atoms with Crippen molar-refractivity contribution in [3.63, 3.8) is 0 Å². The first-order valence-electron chi connectivity index (χ1n) is 11.7. The highest BCUT2D eigenvalue weighted by Crippen LogP contribution is 2.34. The third kappa shape index (κ3) is 4.53. The van der Waals surface area contributed by atoms with Gasteiger partial charge in [0.1, 0.15) is 17.6 Å². The lowest BCUT2D eigenvalue weighted by molar-refractivity contribution is 0.0501. The van der Waals surface area contributed by atoms with Crippen LogP contribution in [0.1, 0.15) is 57.2 Å². The summed E-state index contributed by atoms with van der Waals surface area (Å²) in [5, 5.41) is 8.32. The number of hydrogen-bond donors (Lipinski definition) is 2. The lowest BCUT2D eigenvalue weighted by Gasteiger charge is -2.24. The van der Waals surface area contributed by atoms with Gasteiger partial charge in [0.25, 0.3) is 0 Å². The molecule has 0 fully saturated rings. The summed E-state index contributed by atoms with van der Waals surface area (Å²) >= 11 is 0. The van der Waals surface area contributed by atoms with Crippen LogP contribution in [0.4, 0.5) is 4.79 Å². The average Bonchev–Trinajstić information content (AvgIpc) is 3.35. The first kappa shape index (κ1) is 22.1. The molecule has 4 aromatic rings. The number of hydrogen-bond acceptors (Lipinski definition) is 5. The number of H-pyrrole nitrogens is 1. The Morgan fingerprint density at radius 1 is 1.18 bits per heavy atom. The number of aryl methyl sites for hydroxylation is 2. The van der Waals surface area contributed by atoms with E-state index >= 15 is 0 Å². The van der Waals surface area contributed by atoms with Crippen LogP contribution in [0.25, 0.3) is 33.5 Å². The fourth-order valence-electron chi connectivity index (χ4n) is 4.61. The molecular formula is C26H30N6O2. The average molecular weight is 459 g/mol. The SMILES string of the molecule is Cn1cc(-c2cc3c(-c4ccc5c(c4)CCCCC5NC(=O)OC(C)(C)C)ncnc3[nH]2)cn1. The number of ether oxygens (including phenoxy) is 1. The van der Waals surface area contributed by atoms with E-state index in [0.29, 0.717) is 0 Å². The van der Waals surface area contributed by atoms with Gasteiger partial charge >= 0.3 is 6.09 Å². The Balaban J connectivity index is 1.48.